The van der Waals surface area contributed by atoms with Gasteiger partial charge in [0.15, 0.2) is 6.61 Å². The molecule has 5 nitrogen and oxygen atoms in total. The lowest BCUT2D eigenvalue weighted by molar-refractivity contribution is -0.118. The van der Waals surface area contributed by atoms with Gasteiger partial charge in [-0.25, -0.2) is 0 Å². The van der Waals surface area contributed by atoms with Gasteiger partial charge in [0, 0.05) is 24.3 Å². The molecule has 3 rings (SSSR count). The topological polar surface area (TPSA) is 58.6 Å². The molecule has 2 aromatic carbocycles. The molecule has 0 heterocycles. The van der Waals surface area contributed by atoms with Gasteiger partial charge in [-0.3, -0.25) is 9.59 Å². The molecule has 2 aromatic rings. The minimum Gasteiger partial charge on any atom is -0.484 e. The van der Waals surface area contributed by atoms with Crippen molar-refractivity contribution in [2.24, 2.45) is 0 Å². The van der Waals surface area contributed by atoms with Crippen molar-refractivity contribution in [2.45, 2.75) is 32.7 Å². The van der Waals surface area contributed by atoms with Crippen LogP contribution in [0.1, 0.15) is 25.3 Å². The average Bonchev–Trinajstić information content (AvgIpc) is 3.41. The summed E-state index contributed by atoms with van der Waals surface area (Å²) in [4.78, 5) is 25.6. The summed E-state index contributed by atoms with van der Waals surface area (Å²) < 4.78 is 5.46. The maximum absolute atomic E-state index is 12.0. The number of benzene rings is 2. The van der Waals surface area contributed by atoms with E-state index in [1.165, 1.54) is 0 Å². The Morgan fingerprint density at radius 2 is 1.72 bits per heavy atom. The van der Waals surface area contributed by atoms with Crippen LogP contribution in [-0.4, -0.2) is 24.5 Å². The van der Waals surface area contributed by atoms with E-state index in [9.17, 15) is 9.59 Å². The van der Waals surface area contributed by atoms with E-state index in [1.54, 1.807) is 19.1 Å². The van der Waals surface area contributed by atoms with Gasteiger partial charge in [0.1, 0.15) is 5.75 Å². The molecule has 0 aromatic heterocycles. The Morgan fingerprint density at radius 1 is 1.08 bits per heavy atom. The van der Waals surface area contributed by atoms with E-state index in [1.807, 2.05) is 48.2 Å². The predicted molar refractivity (Wildman–Crippen MR) is 97.9 cm³/mol. The Kier molecular flexibility index (Phi) is 5.03. The van der Waals surface area contributed by atoms with Gasteiger partial charge in [-0.05, 0) is 56.2 Å². The first-order chi connectivity index (χ1) is 12.0. The lowest BCUT2D eigenvalue weighted by atomic mass is 10.2. The van der Waals surface area contributed by atoms with Crippen molar-refractivity contribution in [1.29, 1.82) is 0 Å². The summed E-state index contributed by atoms with van der Waals surface area (Å²) in [6.45, 7) is 3.53. The van der Waals surface area contributed by atoms with Crippen LogP contribution in [0.4, 0.5) is 11.4 Å². The molecule has 2 amide bonds. The van der Waals surface area contributed by atoms with Crippen LogP contribution >= 0.6 is 0 Å². The molecule has 0 saturated heterocycles. The minimum absolute atomic E-state index is 0.0470. The summed E-state index contributed by atoms with van der Waals surface area (Å²) in [7, 11) is 0. The van der Waals surface area contributed by atoms with Crippen LogP contribution in [0.15, 0.2) is 48.5 Å². The van der Waals surface area contributed by atoms with Gasteiger partial charge in [0.05, 0.1) is 0 Å². The zero-order valence-corrected chi connectivity index (χ0v) is 14.5. The maximum atomic E-state index is 12.0. The minimum atomic E-state index is -0.223. The number of rotatable bonds is 6. The van der Waals surface area contributed by atoms with Crippen molar-refractivity contribution < 1.29 is 14.3 Å². The molecule has 1 aliphatic carbocycles. The number of aryl methyl sites for hydroxylation is 1. The third kappa shape index (κ3) is 4.59. The number of hydrogen-bond acceptors (Lipinski definition) is 3. The number of amides is 2. The Hall–Kier alpha value is -2.82. The molecule has 1 aliphatic rings. The Labute approximate surface area is 147 Å². The summed E-state index contributed by atoms with van der Waals surface area (Å²) >= 11 is 0. The zero-order chi connectivity index (χ0) is 17.8. The second-order valence-electron chi connectivity index (χ2n) is 6.32. The van der Waals surface area contributed by atoms with Crippen LogP contribution in [0.25, 0.3) is 0 Å². The van der Waals surface area contributed by atoms with Crippen LogP contribution in [0.3, 0.4) is 0 Å². The number of nitrogens with one attached hydrogen (secondary N) is 1. The fourth-order valence-electron chi connectivity index (χ4n) is 2.67. The average molecular weight is 338 g/mol. The molecule has 0 radical (unpaired) electrons. The van der Waals surface area contributed by atoms with Crippen LogP contribution in [0, 0.1) is 6.92 Å². The first kappa shape index (κ1) is 17.0. The van der Waals surface area contributed by atoms with Gasteiger partial charge in [-0.2, -0.15) is 0 Å². The highest BCUT2D eigenvalue weighted by Gasteiger charge is 2.31. The van der Waals surface area contributed by atoms with Gasteiger partial charge in [0.2, 0.25) is 5.91 Å². The number of ether oxygens (including phenoxy) is 1. The highest BCUT2D eigenvalue weighted by molar-refractivity contribution is 5.94. The van der Waals surface area contributed by atoms with Gasteiger partial charge in [-0.1, -0.05) is 17.7 Å². The molecule has 0 bridgehead atoms. The Bertz CT molecular complexity index is 750. The van der Waals surface area contributed by atoms with E-state index in [4.69, 9.17) is 4.74 Å². The van der Waals surface area contributed by atoms with E-state index in [2.05, 4.69) is 5.32 Å². The second kappa shape index (κ2) is 7.38. The zero-order valence-electron chi connectivity index (χ0n) is 14.5. The molecule has 0 unspecified atom stereocenters. The molecular weight excluding hydrogens is 316 g/mol. The van der Waals surface area contributed by atoms with E-state index in [-0.39, 0.29) is 18.4 Å². The Balaban J connectivity index is 1.54. The molecule has 130 valence electrons. The maximum Gasteiger partial charge on any atom is 0.262 e. The number of carbonyl (C=O) groups is 2. The van der Waals surface area contributed by atoms with Gasteiger partial charge >= 0.3 is 0 Å². The van der Waals surface area contributed by atoms with E-state index in [0.717, 1.165) is 24.1 Å². The van der Waals surface area contributed by atoms with Crippen molar-refractivity contribution in [2.75, 3.05) is 16.8 Å². The summed E-state index contributed by atoms with van der Waals surface area (Å²) in [5.74, 6) is 0.488. The molecule has 25 heavy (non-hydrogen) atoms. The highest BCUT2D eigenvalue weighted by atomic mass is 16.5. The quantitative estimate of drug-likeness (QED) is 0.876. The van der Waals surface area contributed by atoms with Crippen molar-refractivity contribution in [3.8, 4) is 5.75 Å². The monoisotopic (exact) mass is 338 g/mol. The third-order valence-corrected chi connectivity index (χ3v) is 4.07. The SMILES string of the molecule is CC(=O)N(c1ccc(NC(=O)COc2ccc(C)cc2)cc1)C1CC1. The van der Waals surface area contributed by atoms with Crippen LogP contribution < -0.4 is 15.0 Å². The van der Waals surface area contributed by atoms with E-state index >= 15 is 0 Å². The fraction of sp³-hybridized carbons (Fsp3) is 0.300. The summed E-state index contributed by atoms with van der Waals surface area (Å²) in [5, 5.41) is 2.80. The van der Waals surface area contributed by atoms with Crippen molar-refractivity contribution >= 4 is 23.2 Å². The highest BCUT2D eigenvalue weighted by Crippen LogP contribution is 2.32. The third-order valence-electron chi connectivity index (χ3n) is 4.07. The summed E-state index contributed by atoms with van der Waals surface area (Å²) in [5.41, 5.74) is 2.69. The molecule has 1 N–H and O–H groups in total. The van der Waals surface area contributed by atoms with Crippen LogP contribution in [0.5, 0.6) is 5.75 Å². The normalized spacial score (nSPS) is 13.2. The summed E-state index contributed by atoms with van der Waals surface area (Å²) in [6.07, 6.45) is 2.10. The largest absolute Gasteiger partial charge is 0.484 e. The standard InChI is InChI=1S/C20H22N2O3/c1-14-3-11-19(12-4-14)25-13-20(24)21-16-5-7-17(8-6-16)22(15(2)23)18-9-10-18/h3-8,11-12,18H,9-10,13H2,1-2H3,(H,21,24). The van der Waals surface area contributed by atoms with Crippen LogP contribution in [0.2, 0.25) is 0 Å². The van der Waals surface area contributed by atoms with E-state index < -0.39 is 0 Å². The van der Waals surface area contributed by atoms with Gasteiger partial charge in [-0.15, -0.1) is 0 Å². The smallest absolute Gasteiger partial charge is 0.262 e. The number of hydrogen-bond donors (Lipinski definition) is 1. The molecule has 0 spiro atoms. The molecule has 0 atom stereocenters. The lowest BCUT2D eigenvalue weighted by Crippen LogP contribution is -2.30. The lowest BCUT2D eigenvalue weighted by Gasteiger charge is -2.21. The second-order valence-corrected chi connectivity index (χ2v) is 6.32. The Morgan fingerprint density at radius 3 is 2.28 bits per heavy atom. The summed E-state index contributed by atoms with van der Waals surface area (Å²) in [6, 6.07) is 15.2. The van der Waals surface area contributed by atoms with Crippen molar-refractivity contribution in [1.82, 2.24) is 0 Å². The first-order valence-corrected chi connectivity index (χ1v) is 8.42. The number of nitrogens with zero attached hydrogens (tertiary/aromatic N) is 1. The van der Waals surface area contributed by atoms with E-state index in [0.29, 0.717) is 17.5 Å². The molecule has 1 fully saturated rings. The number of anilines is 2. The van der Waals surface area contributed by atoms with Crippen molar-refractivity contribution in [3.05, 3.63) is 54.1 Å². The van der Waals surface area contributed by atoms with Gasteiger partial charge < -0.3 is 15.0 Å². The van der Waals surface area contributed by atoms with Gasteiger partial charge in [0.25, 0.3) is 5.91 Å². The molecule has 1 saturated carbocycles. The molecular formula is C20H22N2O3. The molecule has 5 heteroatoms. The fourth-order valence-corrected chi connectivity index (χ4v) is 2.67. The van der Waals surface area contributed by atoms with Crippen molar-refractivity contribution in [3.63, 3.8) is 0 Å². The predicted octanol–water partition coefficient (Wildman–Crippen LogP) is 3.53. The van der Waals surface area contributed by atoms with Crippen LogP contribution in [-0.2, 0) is 9.59 Å². The first-order valence-electron chi connectivity index (χ1n) is 8.42. The number of carbonyl (C=O) groups excluding carboxylic acids is 2. The molecule has 0 aliphatic heterocycles.